The summed E-state index contributed by atoms with van der Waals surface area (Å²) >= 11 is 0. The molecule has 0 fully saturated rings. The molecule has 0 radical (unpaired) electrons. The molecule has 1 heterocycles. The molecule has 0 spiro atoms. The van der Waals surface area contributed by atoms with Gasteiger partial charge in [0.15, 0.2) is 34.6 Å². The first kappa shape index (κ1) is 11.9. The molecular formula is C14H4F2N2O2. The number of nitrogens with zero attached hydrogens (tertiary/aromatic N) is 2. The largest absolute Gasteiger partial charge is 0.448 e. The Morgan fingerprint density at radius 3 is 1.55 bits per heavy atom. The van der Waals surface area contributed by atoms with Crippen LogP contribution in [0.5, 0.6) is 23.0 Å². The van der Waals surface area contributed by atoms with Crippen molar-refractivity contribution < 1.29 is 18.3 Å². The van der Waals surface area contributed by atoms with Gasteiger partial charge in [-0.25, -0.2) is 8.78 Å². The van der Waals surface area contributed by atoms with Crippen molar-refractivity contribution in [1.82, 2.24) is 0 Å². The third-order valence-electron chi connectivity index (χ3n) is 2.79. The second-order valence-corrected chi connectivity index (χ2v) is 3.91. The fraction of sp³-hybridized carbons (Fsp3) is 0. The number of benzene rings is 2. The van der Waals surface area contributed by atoms with Gasteiger partial charge < -0.3 is 9.47 Å². The van der Waals surface area contributed by atoms with Gasteiger partial charge in [0.1, 0.15) is 23.3 Å². The van der Waals surface area contributed by atoms with Crippen LogP contribution in [0, 0.1) is 34.3 Å². The minimum atomic E-state index is -1.43. The van der Waals surface area contributed by atoms with Gasteiger partial charge in [0.05, 0.1) is 0 Å². The van der Waals surface area contributed by atoms with Crippen LogP contribution in [-0.2, 0) is 0 Å². The normalized spacial score (nSPS) is 11.2. The molecule has 0 N–H and O–H groups in total. The number of hydrogen-bond donors (Lipinski definition) is 0. The summed E-state index contributed by atoms with van der Waals surface area (Å²) in [6, 6.07) is 9.44. The summed E-state index contributed by atoms with van der Waals surface area (Å²) < 4.78 is 38.2. The molecule has 1 aliphatic rings. The van der Waals surface area contributed by atoms with Crippen LogP contribution in [0.1, 0.15) is 11.1 Å². The molecule has 0 bridgehead atoms. The van der Waals surface area contributed by atoms with Crippen LogP contribution < -0.4 is 9.47 Å². The Morgan fingerprint density at radius 2 is 1.20 bits per heavy atom. The Bertz CT molecular complexity index is 751. The lowest BCUT2D eigenvalue weighted by molar-refractivity contribution is 0.349. The first-order chi connectivity index (χ1) is 9.67. The molecule has 1 aliphatic heterocycles. The molecule has 6 heteroatoms. The van der Waals surface area contributed by atoms with Crippen molar-refractivity contribution in [2.45, 2.75) is 0 Å². The minimum Gasteiger partial charge on any atom is -0.448 e. The molecule has 0 amide bonds. The van der Waals surface area contributed by atoms with Crippen LogP contribution in [-0.4, -0.2) is 0 Å². The number of nitriles is 2. The third-order valence-corrected chi connectivity index (χ3v) is 2.79. The monoisotopic (exact) mass is 270 g/mol. The lowest BCUT2D eigenvalue weighted by Gasteiger charge is -2.22. The van der Waals surface area contributed by atoms with E-state index in [1.54, 1.807) is 24.3 Å². The molecule has 4 nitrogen and oxygen atoms in total. The summed E-state index contributed by atoms with van der Waals surface area (Å²) in [5.74, 6) is -2.92. The van der Waals surface area contributed by atoms with Crippen LogP contribution in [0.2, 0.25) is 0 Å². The zero-order chi connectivity index (χ0) is 14.3. The molecular weight excluding hydrogens is 266 g/mol. The van der Waals surface area contributed by atoms with Crippen molar-refractivity contribution in [3.63, 3.8) is 0 Å². The maximum atomic E-state index is 13.7. The van der Waals surface area contributed by atoms with E-state index in [0.29, 0.717) is 0 Å². The van der Waals surface area contributed by atoms with Crippen molar-refractivity contribution in [3.05, 3.63) is 47.0 Å². The summed E-state index contributed by atoms with van der Waals surface area (Å²) in [7, 11) is 0. The first-order valence-corrected chi connectivity index (χ1v) is 5.47. The molecule has 0 saturated heterocycles. The second-order valence-electron chi connectivity index (χ2n) is 3.91. The van der Waals surface area contributed by atoms with E-state index in [2.05, 4.69) is 0 Å². The van der Waals surface area contributed by atoms with E-state index in [1.807, 2.05) is 0 Å². The molecule has 96 valence electrons. The predicted octanol–water partition coefficient (Wildman–Crippen LogP) is 3.61. The highest BCUT2D eigenvalue weighted by Crippen LogP contribution is 2.49. The summed E-state index contributed by atoms with van der Waals surface area (Å²) in [6.07, 6.45) is 0. The van der Waals surface area contributed by atoms with Crippen LogP contribution in [0.15, 0.2) is 24.3 Å². The molecule has 20 heavy (non-hydrogen) atoms. The Hall–Kier alpha value is -3.12. The van der Waals surface area contributed by atoms with Crippen LogP contribution in [0.4, 0.5) is 8.78 Å². The van der Waals surface area contributed by atoms with Gasteiger partial charge in [-0.2, -0.15) is 10.5 Å². The van der Waals surface area contributed by atoms with Gasteiger partial charge in [0, 0.05) is 0 Å². The number of fused-ring (bicyclic) bond motifs is 2. The lowest BCUT2D eigenvalue weighted by atomic mass is 10.1. The van der Waals surface area contributed by atoms with Crippen molar-refractivity contribution in [2.75, 3.05) is 0 Å². The molecule has 2 aromatic rings. The number of rotatable bonds is 0. The van der Waals surface area contributed by atoms with Gasteiger partial charge in [0.25, 0.3) is 0 Å². The van der Waals surface area contributed by atoms with Crippen molar-refractivity contribution in [2.24, 2.45) is 0 Å². The number of halogens is 2. The number of hydrogen-bond acceptors (Lipinski definition) is 4. The molecule has 0 unspecified atom stereocenters. The van der Waals surface area contributed by atoms with E-state index in [4.69, 9.17) is 20.0 Å². The minimum absolute atomic E-state index is 0.256. The van der Waals surface area contributed by atoms with Crippen molar-refractivity contribution in [3.8, 4) is 35.1 Å². The molecule has 3 rings (SSSR count). The third kappa shape index (κ3) is 1.49. The quantitative estimate of drug-likeness (QED) is 0.626. The van der Waals surface area contributed by atoms with E-state index in [-0.39, 0.29) is 23.0 Å². The van der Waals surface area contributed by atoms with E-state index in [1.165, 1.54) is 12.1 Å². The maximum Gasteiger partial charge on any atom is 0.192 e. The lowest BCUT2D eigenvalue weighted by Crippen LogP contribution is -2.07. The summed E-state index contributed by atoms with van der Waals surface area (Å²) in [5, 5.41) is 17.9. The predicted molar refractivity (Wildman–Crippen MR) is 62.4 cm³/mol. The highest BCUT2D eigenvalue weighted by molar-refractivity contribution is 5.66. The zero-order valence-corrected chi connectivity index (χ0v) is 9.78. The first-order valence-electron chi connectivity index (χ1n) is 5.47. The van der Waals surface area contributed by atoms with Gasteiger partial charge in [-0.1, -0.05) is 12.1 Å². The van der Waals surface area contributed by atoms with Crippen LogP contribution in [0.3, 0.4) is 0 Å². The van der Waals surface area contributed by atoms with Crippen molar-refractivity contribution in [1.29, 1.82) is 10.5 Å². The molecule has 0 aliphatic carbocycles. The Kier molecular flexibility index (Phi) is 2.52. The van der Waals surface area contributed by atoms with Crippen LogP contribution in [0.25, 0.3) is 0 Å². The zero-order valence-electron chi connectivity index (χ0n) is 9.78. The smallest absolute Gasteiger partial charge is 0.192 e. The van der Waals surface area contributed by atoms with E-state index in [0.717, 1.165) is 0 Å². The summed E-state index contributed by atoms with van der Waals surface area (Å²) in [5.41, 5.74) is -1.27. The van der Waals surface area contributed by atoms with Gasteiger partial charge in [-0.05, 0) is 12.1 Å². The fourth-order valence-corrected chi connectivity index (χ4v) is 1.88. The number of ether oxygens (including phenoxy) is 2. The van der Waals surface area contributed by atoms with Crippen LogP contribution >= 0.6 is 0 Å². The second kappa shape index (κ2) is 4.22. The van der Waals surface area contributed by atoms with Gasteiger partial charge in [0.2, 0.25) is 0 Å². The topological polar surface area (TPSA) is 66.0 Å². The van der Waals surface area contributed by atoms with E-state index < -0.39 is 22.8 Å². The fourth-order valence-electron chi connectivity index (χ4n) is 1.88. The summed E-state index contributed by atoms with van der Waals surface area (Å²) in [4.78, 5) is 0. The molecule has 2 aromatic carbocycles. The van der Waals surface area contributed by atoms with E-state index in [9.17, 15) is 8.78 Å². The Morgan fingerprint density at radius 1 is 0.800 bits per heavy atom. The SMILES string of the molecule is N#Cc1c(F)c(F)c(C#N)c2c1Oc1ccccc1O2. The molecule has 0 saturated carbocycles. The standard InChI is InChI=1S/C14H4F2N2O2/c15-11-7(5-17)13-14(8(6-18)12(11)16)20-10-4-2-1-3-9(10)19-13/h1-4H. The summed E-state index contributed by atoms with van der Waals surface area (Å²) in [6.45, 7) is 0. The average molecular weight is 270 g/mol. The van der Waals surface area contributed by atoms with Crippen molar-refractivity contribution >= 4 is 0 Å². The molecule has 0 aromatic heterocycles. The highest BCUT2D eigenvalue weighted by Gasteiger charge is 2.31. The Labute approximate surface area is 112 Å². The Balaban J connectivity index is 2.33. The average Bonchev–Trinajstić information content (AvgIpc) is 2.47. The van der Waals surface area contributed by atoms with Gasteiger partial charge in [-0.15, -0.1) is 0 Å². The molecule has 0 atom stereocenters. The maximum absolute atomic E-state index is 13.7. The van der Waals surface area contributed by atoms with Gasteiger partial charge >= 0.3 is 0 Å². The van der Waals surface area contributed by atoms with E-state index >= 15 is 0 Å². The highest BCUT2D eigenvalue weighted by atomic mass is 19.2. The van der Waals surface area contributed by atoms with Gasteiger partial charge in [-0.3, -0.25) is 0 Å². The number of para-hydroxylation sites is 2.